The van der Waals surface area contributed by atoms with Crippen LogP contribution in [0.1, 0.15) is 23.7 Å². The van der Waals surface area contributed by atoms with Crippen molar-refractivity contribution in [3.63, 3.8) is 0 Å². The number of ether oxygens (including phenoxy) is 2. The molecule has 1 aliphatic heterocycles. The lowest BCUT2D eigenvalue weighted by Crippen LogP contribution is -2.30. The first-order valence-electron chi connectivity index (χ1n) is 6.17. The third-order valence-corrected chi connectivity index (χ3v) is 4.90. The van der Waals surface area contributed by atoms with Crippen molar-refractivity contribution >= 4 is 23.5 Å². The van der Waals surface area contributed by atoms with Crippen LogP contribution < -0.4 is 9.47 Å². The molecule has 1 heterocycles. The quantitative estimate of drug-likeness (QED) is 0.920. The molecule has 2 atom stereocenters. The number of carboxylic acid groups (broad SMARTS) is 1. The van der Waals surface area contributed by atoms with Crippen molar-refractivity contribution in [2.75, 3.05) is 14.2 Å². The maximum atomic E-state index is 12.5. The van der Waals surface area contributed by atoms with Gasteiger partial charge in [-0.25, -0.2) is 0 Å². The van der Waals surface area contributed by atoms with Gasteiger partial charge in [0.05, 0.1) is 31.1 Å². The SMILES string of the molecule is COc1ccc(OC)c2c1SC(CC(=O)O)C(C)C2=O. The number of methoxy groups -OCH3 is 2. The Morgan fingerprint density at radius 1 is 1.30 bits per heavy atom. The largest absolute Gasteiger partial charge is 0.496 e. The molecule has 1 N–H and O–H groups in total. The Bertz CT molecular complexity index is 555. The van der Waals surface area contributed by atoms with Gasteiger partial charge in [-0.15, -0.1) is 11.8 Å². The number of hydrogen-bond acceptors (Lipinski definition) is 5. The first-order valence-corrected chi connectivity index (χ1v) is 7.05. The summed E-state index contributed by atoms with van der Waals surface area (Å²) in [5.74, 6) is -0.307. The molecule has 0 aromatic heterocycles. The van der Waals surface area contributed by atoms with Gasteiger partial charge in [-0.05, 0) is 12.1 Å². The summed E-state index contributed by atoms with van der Waals surface area (Å²) < 4.78 is 10.5. The van der Waals surface area contributed by atoms with Crippen LogP contribution in [0.2, 0.25) is 0 Å². The molecule has 108 valence electrons. The van der Waals surface area contributed by atoms with E-state index < -0.39 is 5.97 Å². The molecule has 1 aliphatic rings. The maximum Gasteiger partial charge on any atom is 0.304 e. The number of thioether (sulfide) groups is 1. The van der Waals surface area contributed by atoms with Crippen LogP contribution >= 0.6 is 11.8 Å². The monoisotopic (exact) mass is 296 g/mol. The van der Waals surface area contributed by atoms with Crippen molar-refractivity contribution in [2.24, 2.45) is 5.92 Å². The molecular weight excluding hydrogens is 280 g/mol. The molecule has 0 radical (unpaired) electrons. The van der Waals surface area contributed by atoms with Crippen LogP contribution in [0.3, 0.4) is 0 Å². The number of Topliss-reactive ketones (excluding diaryl/α,β-unsaturated/α-hetero) is 1. The summed E-state index contributed by atoms with van der Waals surface area (Å²) in [5.41, 5.74) is 0.492. The highest BCUT2D eigenvalue weighted by atomic mass is 32.2. The molecule has 0 spiro atoms. The zero-order valence-electron chi connectivity index (χ0n) is 11.5. The lowest BCUT2D eigenvalue weighted by atomic mass is 9.93. The molecule has 0 aliphatic carbocycles. The number of carbonyl (C=O) groups is 2. The summed E-state index contributed by atoms with van der Waals surface area (Å²) in [4.78, 5) is 24.1. The van der Waals surface area contributed by atoms with Crippen LogP contribution in [0.4, 0.5) is 0 Å². The second-order valence-electron chi connectivity index (χ2n) is 4.58. The molecule has 0 amide bonds. The Kier molecular flexibility index (Phi) is 4.23. The van der Waals surface area contributed by atoms with Crippen molar-refractivity contribution in [3.05, 3.63) is 17.7 Å². The minimum Gasteiger partial charge on any atom is -0.496 e. The summed E-state index contributed by atoms with van der Waals surface area (Å²) in [6, 6.07) is 3.42. The topological polar surface area (TPSA) is 72.8 Å². The van der Waals surface area contributed by atoms with Gasteiger partial charge in [0, 0.05) is 11.2 Å². The van der Waals surface area contributed by atoms with Gasteiger partial charge in [0.1, 0.15) is 11.5 Å². The van der Waals surface area contributed by atoms with E-state index in [0.29, 0.717) is 22.0 Å². The second-order valence-corrected chi connectivity index (χ2v) is 5.83. The van der Waals surface area contributed by atoms with Gasteiger partial charge in [0.25, 0.3) is 0 Å². The molecule has 20 heavy (non-hydrogen) atoms. The highest BCUT2D eigenvalue weighted by Crippen LogP contribution is 2.47. The van der Waals surface area contributed by atoms with Crippen LogP contribution in [-0.4, -0.2) is 36.3 Å². The maximum absolute atomic E-state index is 12.5. The molecule has 1 aromatic rings. The van der Waals surface area contributed by atoms with E-state index >= 15 is 0 Å². The van der Waals surface area contributed by atoms with Crippen LogP contribution in [0.15, 0.2) is 17.0 Å². The lowest BCUT2D eigenvalue weighted by Gasteiger charge is -2.29. The molecule has 2 rings (SSSR count). The predicted octanol–water partition coefficient (Wildman–Crippen LogP) is 2.47. The van der Waals surface area contributed by atoms with Gasteiger partial charge in [-0.2, -0.15) is 0 Å². The summed E-state index contributed by atoms with van der Waals surface area (Å²) in [5, 5.41) is 8.67. The average molecular weight is 296 g/mol. The van der Waals surface area contributed by atoms with Crippen molar-refractivity contribution in [2.45, 2.75) is 23.5 Å². The van der Waals surface area contributed by atoms with Gasteiger partial charge < -0.3 is 14.6 Å². The summed E-state index contributed by atoms with van der Waals surface area (Å²) in [7, 11) is 3.03. The predicted molar refractivity (Wildman–Crippen MR) is 74.9 cm³/mol. The van der Waals surface area contributed by atoms with Crippen molar-refractivity contribution in [1.82, 2.24) is 0 Å². The van der Waals surface area contributed by atoms with E-state index in [2.05, 4.69) is 0 Å². The molecule has 0 bridgehead atoms. The molecule has 0 saturated carbocycles. The highest BCUT2D eigenvalue weighted by molar-refractivity contribution is 8.00. The van der Waals surface area contributed by atoms with E-state index in [-0.39, 0.29) is 23.4 Å². The molecule has 1 aromatic carbocycles. The number of ketones is 1. The molecule has 0 saturated heterocycles. The van der Waals surface area contributed by atoms with Crippen molar-refractivity contribution < 1.29 is 24.2 Å². The molecule has 0 fully saturated rings. The number of rotatable bonds is 4. The Labute approximate surface area is 121 Å². The standard InChI is InChI=1S/C14H16O5S/c1-7-10(6-11(15)16)20-14-9(19-3)5-4-8(18-2)12(14)13(7)17/h4-5,7,10H,6H2,1-3H3,(H,15,16). The molecule has 2 unspecified atom stereocenters. The average Bonchev–Trinajstić information content (AvgIpc) is 2.42. The number of aliphatic carboxylic acids is 1. The number of carboxylic acids is 1. The lowest BCUT2D eigenvalue weighted by molar-refractivity contribution is -0.137. The minimum atomic E-state index is -0.910. The summed E-state index contributed by atoms with van der Waals surface area (Å²) in [6.45, 7) is 1.75. The van der Waals surface area contributed by atoms with Crippen LogP contribution in [0.25, 0.3) is 0 Å². The van der Waals surface area contributed by atoms with E-state index in [1.807, 2.05) is 0 Å². The van der Waals surface area contributed by atoms with Crippen LogP contribution in [-0.2, 0) is 4.79 Å². The smallest absolute Gasteiger partial charge is 0.304 e. The number of hydrogen-bond donors (Lipinski definition) is 1. The van der Waals surface area contributed by atoms with Gasteiger partial charge in [-0.3, -0.25) is 9.59 Å². The number of fused-ring (bicyclic) bond motifs is 1. The van der Waals surface area contributed by atoms with E-state index in [1.54, 1.807) is 19.1 Å². The number of carbonyl (C=O) groups excluding carboxylic acids is 1. The molecule has 6 heteroatoms. The van der Waals surface area contributed by atoms with E-state index in [1.165, 1.54) is 26.0 Å². The fourth-order valence-electron chi connectivity index (χ4n) is 2.27. The Balaban J connectivity index is 2.52. The zero-order valence-corrected chi connectivity index (χ0v) is 12.3. The summed E-state index contributed by atoms with van der Waals surface area (Å²) in [6.07, 6.45) is -0.0582. The first-order chi connectivity index (χ1) is 9.49. The molecule has 5 nitrogen and oxygen atoms in total. The highest BCUT2D eigenvalue weighted by Gasteiger charge is 2.38. The van der Waals surface area contributed by atoms with Crippen LogP contribution in [0, 0.1) is 5.92 Å². The van der Waals surface area contributed by atoms with E-state index in [9.17, 15) is 9.59 Å². The van der Waals surface area contributed by atoms with Gasteiger partial charge in [-0.1, -0.05) is 6.92 Å². The van der Waals surface area contributed by atoms with Crippen molar-refractivity contribution in [1.29, 1.82) is 0 Å². The second kappa shape index (κ2) is 5.75. The van der Waals surface area contributed by atoms with E-state index in [4.69, 9.17) is 14.6 Å². The fraction of sp³-hybridized carbons (Fsp3) is 0.429. The Morgan fingerprint density at radius 2 is 1.90 bits per heavy atom. The number of benzene rings is 1. The fourth-order valence-corrected chi connectivity index (χ4v) is 3.71. The first kappa shape index (κ1) is 14.7. The Morgan fingerprint density at radius 3 is 2.45 bits per heavy atom. The van der Waals surface area contributed by atoms with Gasteiger partial charge >= 0.3 is 5.97 Å². The normalized spacial score (nSPS) is 21.2. The zero-order chi connectivity index (χ0) is 14.9. The summed E-state index contributed by atoms with van der Waals surface area (Å²) >= 11 is 1.37. The van der Waals surface area contributed by atoms with Crippen molar-refractivity contribution in [3.8, 4) is 11.5 Å². The third-order valence-electron chi connectivity index (χ3n) is 3.39. The third kappa shape index (κ3) is 2.47. The Hall–Kier alpha value is -1.69. The van der Waals surface area contributed by atoms with Gasteiger partial charge in [0.15, 0.2) is 5.78 Å². The minimum absolute atomic E-state index is 0.0582. The molecular formula is C14H16O5S. The van der Waals surface area contributed by atoms with Crippen LogP contribution in [0.5, 0.6) is 11.5 Å². The van der Waals surface area contributed by atoms with Gasteiger partial charge in [0.2, 0.25) is 0 Å². The van der Waals surface area contributed by atoms with E-state index in [0.717, 1.165) is 0 Å².